The highest BCUT2D eigenvalue weighted by atomic mass is 32.1. The lowest BCUT2D eigenvalue weighted by molar-refractivity contribution is 1.41. The molecule has 0 fully saturated rings. The second kappa shape index (κ2) is 2.99. The van der Waals surface area contributed by atoms with Crippen LogP contribution in [0.1, 0.15) is 5.56 Å². The molecule has 1 aromatic carbocycles. The van der Waals surface area contributed by atoms with Crippen molar-refractivity contribution in [1.29, 1.82) is 0 Å². The Morgan fingerprint density at radius 3 is 2.83 bits per heavy atom. The quantitative estimate of drug-likeness (QED) is 0.615. The minimum Gasteiger partial charge on any atom is -0.256 e. The SMILES string of the molecule is S=Cc1ccnc2ccccc12. The van der Waals surface area contributed by atoms with Gasteiger partial charge in [-0.25, -0.2) is 0 Å². The molecular formula is C10H7NS. The van der Waals surface area contributed by atoms with Crippen LogP contribution in [-0.2, 0) is 0 Å². The predicted molar refractivity (Wildman–Crippen MR) is 54.5 cm³/mol. The van der Waals surface area contributed by atoms with E-state index in [1.807, 2.05) is 30.3 Å². The fourth-order valence-corrected chi connectivity index (χ4v) is 1.43. The first-order valence-electron chi connectivity index (χ1n) is 3.71. The number of hydrogen-bond acceptors (Lipinski definition) is 2. The Kier molecular flexibility index (Phi) is 1.84. The molecule has 2 aromatic rings. The van der Waals surface area contributed by atoms with E-state index in [4.69, 9.17) is 12.2 Å². The maximum absolute atomic E-state index is 4.89. The van der Waals surface area contributed by atoms with Crippen LogP contribution in [0.3, 0.4) is 0 Å². The van der Waals surface area contributed by atoms with Gasteiger partial charge in [0.2, 0.25) is 0 Å². The van der Waals surface area contributed by atoms with Gasteiger partial charge in [0.1, 0.15) is 0 Å². The Balaban J connectivity index is 2.88. The van der Waals surface area contributed by atoms with E-state index < -0.39 is 0 Å². The molecule has 0 N–H and O–H groups in total. The van der Waals surface area contributed by atoms with Crippen molar-refractivity contribution in [2.24, 2.45) is 0 Å². The van der Waals surface area contributed by atoms with Crippen molar-refractivity contribution in [2.75, 3.05) is 0 Å². The van der Waals surface area contributed by atoms with E-state index in [9.17, 15) is 0 Å². The first-order chi connectivity index (χ1) is 5.92. The molecule has 12 heavy (non-hydrogen) atoms. The molecule has 0 spiro atoms. The molecule has 0 aliphatic rings. The van der Waals surface area contributed by atoms with Crippen LogP contribution >= 0.6 is 12.2 Å². The minimum atomic E-state index is 0.996. The van der Waals surface area contributed by atoms with Gasteiger partial charge in [0.05, 0.1) is 5.52 Å². The summed E-state index contributed by atoms with van der Waals surface area (Å²) in [6, 6.07) is 9.91. The Labute approximate surface area is 76.1 Å². The summed E-state index contributed by atoms with van der Waals surface area (Å²) in [6.45, 7) is 0. The Hall–Kier alpha value is -1.28. The van der Waals surface area contributed by atoms with Crippen molar-refractivity contribution in [3.8, 4) is 0 Å². The summed E-state index contributed by atoms with van der Waals surface area (Å²) in [5.74, 6) is 0. The molecule has 2 rings (SSSR count). The maximum Gasteiger partial charge on any atom is 0.0708 e. The summed E-state index contributed by atoms with van der Waals surface area (Å²) in [4.78, 5) is 4.22. The molecule has 0 saturated heterocycles. The van der Waals surface area contributed by atoms with Crippen LogP contribution in [0, 0.1) is 0 Å². The lowest BCUT2D eigenvalue weighted by atomic mass is 10.1. The maximum atomic E-state index is 4.89. The number of hydrogen-bond donors (Lipinski definition) is 0. The van der Waals surface area contributed by atoms with Gasteiger partial charge in [0, 0.05) is 17.0 Å². The number of benzene rings is 1. The predicted octanol–water partition coefficient (Wildman–Crippen LogP) is 2.58. The summed E-state index contributed by atoms with van der Waals surface area (Å²) >= 11 is 4.89. The first kappa shape index (κ1) is 7.37. The van der Waals surface area contributed by atoms with E-state index in [1.165, 1.54) is 0 Å². The van der Waals surface area contributed by atoms with Gasteiger partial charge in [-0.05, 0) is 17.7 Å². The fourth-order valence-electron chi connectivity index (χ4n) is 1.22. The fraction of sp³-hybridized carbons (Fsp3) is 0. The Morgan fingerprint density at radius 2 is 2.00 bits per heavy atom. The molecule has 0 saturated carbocycles. The molecule has 1 aromatic heterocycles. The number of pyridine rings is 1. The normalized spacial score (nSPS) is 10.0. The van der Waals surface area contributed by atoms with Crippen LogP contribution in [0.15, 0.2) is 36.5 Å². The van der Waals surface area contributed by atoms with Gasteiger partial charge in [-0.15, -0.1) is 0 Å². The minimum absolute atomic E-state index is 0.996. The van der Waals surface area contributed by atoms with Gasteiger partial charge in [-0.1, -0.05) is 30.4 Å². The van der Waals surface area contributed by atoms with Gasteiger partial charge in [-0.2, -0.15) is 0 Å². The summed E-state index contributed by atoms with van der Waals surface area (Å²) in [6.07, 6.45) is 1.78. The zero-order chi connectivity index (χ0) is 8.39. The van der Waals surface area contributed by atoms with Crippen molar-refractivity contribution in [2.45, 2.75) is 0 Å². The van der Waals surface area contributed by atoms with Gasteiger partial charge in [0.15, 0.2) is 0 Å². The van der Waals surface area contributed by atoms with Gasteiger partial charge in [-0.3, -0.25) is 4.98 Å². The van der Waals surface area contributed by atoms with Crippen molar-refractivity contribution in [1.82, 2.24) is 4.98 Å². The smallest absolute Gasteiger partial charge is 0.0708 e. The standard InChI is InChI=1S/C10H7NS/c12-7-8-5-6-11-10-4-2-1-3-9(8)10/h1-7H. The van der Waals surface area contributed by atoms with E-state index in [-0.39, 0.29) is 0 Å². The number of para-hydroxylation sites is 1. The third-order valence-electron chi connectivity index (χ3n) is 1.81. The van der Waals surface area contributed by atoms with Crippen LogP contribution < -0.4 is 0 Å². The molecule has 58 valence electrons. The molecular weight excluding hydrogens is 166 g/mol. The number of fused-ring (bicyclic) bond motifs is 1. The van der Waals surface area contributed by atoms with E-state index in [1.54, 1.807) is 11.6 Å². The molecule has 0 unspecified atom stereocenters. The molecule has 0 aliphatic carbocycles. The molecule has 0 amide bonds. The molecule has 0 bridgehead atoms. The monoisotopic (exact) mass is 173 g/mol. The summed E-state index contributed by atoms with van der Waals surface area (Å²) in [5, 5.41) is 2.80. The van der Waals surface area contributed by atoms with Crippen LogP contribution in [0.2, 0.25) is 0 Å². The molecule has 0 radical (unpaired) electrons. The lowest BCUT2D eigenvalue weighted by Gasteiger charge is -1.98. The largest absolute Gasteiger partial charge is 0.256 e. The molecule has 1 nitrogen and oxygen atoms in total. The Bertz CT molecular complexity index is 418. The van der Waals surface area contributed by atoms with Crippen molar-refractivity contribution >= 4 is 28.5 Å². The molecule has 2 heteroatoms. The van der Waals surface area contributed by atoms with E-state index in [0.29, 0.717) is 0 Å². The second-order valence-corrected chi connectivity index (χ2v) is 2.77. The van der Waals surface area contributed by atoms with E-state index in [2.05, 4.69) is 4.98 Å². The van der Waals surface area contributed by atoms with Crippen molar-refractivity contribution < 1.29 is 0 Å². The summed E-state index contributed by atoms with van der Waals surface area (Å²) in [7, 11) is 0. The Morgan fingerprint density at radius 1 is 1.17 bits per heavy atom. The summed E-state index contributed by atoms with van der Waals surface area (Å²) < 4.78 is 0. The van der Waals surface area contributed by atoms with Crippen LogP contribution in [-0.4, -0.2) is 10.4 Å². The zero-order valence-electron chi connectivity index (χ0n) is 6.40. The highest BCUT2D eigenvalue weighted by Crippen LogP contribution is 2.13. The highest BCUT2D eigenvalue weighted by Gasteiger charge is 1.95. The van der Waals surface area contributed by atoms with Crippen LogP contribution in [0.4, 0.5) is 0 Å². The molecule has 0 aliphatic heterocycles. The average Bonchev–Trinajstić information content (AvgIpc) is 2.17. The molecule has 0 atom stereocenters. The second-order valence-electron chi connectivity index (χ2n) is 2.54. The van der Waals surface area contributed by atoms with Gasteiger partial charge < -0.3 is 0 Å². The van der Waals surface area contributed by atoms with Crippen molar-refractivity contribution in [3.05, 3.63) is 42.1 Å². The van der Waals surface area contributed by atoms with Gasteiger partial charge in [0.25, 0.3) is 0 Å². The highest BCUT2D eigenvalue weighted by molar-refractivity contribution is 7.79. The van der Waals surface area contributed by atoms with Crippen LogP contribution in [0.5, 0.6) is 0 Å². The topological polar surface area (TPSA) is 12.9 Å². The number of thiocarbonyl (C=S) groups is 1. The first-order valence-corrected chi connectivity index (χ1v) is 4.18. The lowest BCUT2D eigenvalue weighted by Crippen LogP contribution is -1.83. The van der Waals surface area contributed by atoms with Gasteiger partial charge >= 0.3 is 0 Å². The number of aromatic nitrogens is 1. The number of rotatable bonds is 1. The third kappa shape index (κ3) is 1.10. The van der Waals surface area contributed by atoms with E-state index in [0.717, 1.165) is 16.5 Å². The molecule has 1 heterocycles. The average molecular weight is 173 g/mol. The van der Waals surface area contributed by atoms with E-state index >= 15 is 0 Å². The van der Waals surface area contributed by atoms with Crippen LogP contribution in [0.25, 0.3) is 10.9 Å². The van der Waals surface area contributed by atoms with Crippen molar-refractivity contribution in [3.63, 3.8) is 0 Å². The summed E-state index contributed by atoms with van der Waals surface area (Å²) in [5.41, 5.74) is 2.06. The third-order valence-corrected chi connectivity index (χ3v) is 2.06. The number of nitrogens with zero attached hydrogens (tertiary/aromatic N) is 1. The zero-order valence-corrected chi connectivity index (χ0v) is 7.21.